The molecule has 0 aliphatic heterocycles. The average Bonchev–Trinajstić information content (AvgIpc) is 3.13. The van der Waals surface area contributed by atoms with Gasteiger partial charge < -0.3 is 53.1 Å². The number of rotatable bonds is 37. The van der Waals surface area contributed by atoms with Crippen LogP contribution in [0.15, 0.2) is 0 Å². The summed E-state index contributed by atoms with van der Waals surface area (Å²) in [5.74, 6) is 3.98. The Bertz CT molecular complexity index is 654. The molecule has 0 aliphatic rings. The molecule has 0 heterocycles. The number of hydrogen-bond acceptors (Lipinski definition) is 19. The second kappa shape index (κ2) is 37.1. The fourth-order valence-electron chi connectivity index (χ4n) is 4.35. The molecule has 0 aliphatic carbocycles. The number of hydrogen-bond donors (Lipinski definition) is 0. The van der Waals surface area contributed by atoms with Gasteiger partial charge in [-0.05, 0) is 83.9 Å². The Balaban J connectivity index is 0. The van der Waals surface area contributed by atoms with E-state index in [4.69, 9.17) is 53.1 Å². The van der Waals surface area contributed by atoms with Gasteiger partial charge in [-0.15, -0.1) is 0 Å². The van der Waals surface area contributed by atoms with Gasteiger partial charge in [-0.25, -0.2) is 0 Å². The largest absolute Gasteiger partial charge is 0.501 e. The highest BCUT2D eigenvalue weighted by molar-refractivity contribution is 9.26. The molecule has 0 amide bonds. The average molecular weight is 934 g/mol. The van der Waals surface area contributed by atoms with Crippen LogP contribution in [0.1, 0.15) is 54.4 Å². The van der Waals surface area contributed by atoms with Gasteiger partial charge in [0.25, 0.3) is 0 Å². The maximum absolute atomic E-state index is 5.90. The molecule has 51 heavy (non-hydrogen) atoms. The van der Waals surface area contributed by atoms with Crippen LogP contribution >= 0.6 is 72.7 Å². The van der Waals surface area contributed by atoms with Crippen LogP contribution in [0.4, 0.5) is 0 Å². The smallest absolute Gasteiger partial charge is 0.377 e. The van der Waals surface area contributed by atoms with Gasteiger partial charge >= 0.3 is 35.2 Å². The lowest BCUT2D eigenvalue weighted by atomic mass is 10.6. The first-order chi connectivity index (χ1) is 24.6. The molecule has 0 fully saturated rings. The fourth-order valence-corrected chi connectivity index (χ4v) is 25.3. The molecule has 0 rings (SSSR count). The summed E-state index contributed by atoms with van der Waals surface area (Å²) in [5, 5.41) is 0. The highest BCUT2D eigenvalue weighted by Crippen LogP contribution is 2.44. The highest BCUT2D eigenvalue weighted by Gasteiger charge is 2.41. The van der Waals surface area contributed by atoms with E-state index in [1.54, 1.807) is 83.9 Å². The van der Waals surface area contributed by atoms with Crippen molar-refractivity contribution in [2.75, 3.05) is 105 Å². The first-order valence-electron chi connectivity index (χ1n) is 17.3. The quantitative estimate of drug-likeness (QED) is 0.0335. The summed E-state index contributed by atoms with van der Waals surface area (Å²) in [5.41, 5.74) is 0. The van der Waals surface area contributed by atoms with Crippen molar-refractivity contribution >= 4 is 108 Å². The topological polar surface area (TPSA) is 111 Å². The minimum absolute atomic E-state index is 0.639. The van der Waals surface area contributed by atoms with Crippen molar-refractivity contribution in [3.63, 3.8) is 0 Å². The zero-order valence-corrected chi connectivity index (χ0v) is 42.8. The zero-order chi connectivity index (χ0) is 38.7. The van der Waals surface area contributed by atoms with Gasteiger partial charge in [-0.3, -0.25) is 0 Å². The summed E-state index contributed by atoms with van der Waals surface area (Å²) < 4.78 is 67.7. The monoisotopic (exact) mass is 932 g/mol. The Kier molecular flexibility index (Phi) is 40.7. The molecule has 0 radical (unpaired) electrons. The van der Waals surface area contributed by atoms with Gasteiger partial charge in [0.1, 0.15) is 0 Å². The molecule has 0 saturated carbocycles. The zero-order valence-electron chi connectivity index (χ0n) is 33.1. The Labute approximate surface area is 342 Å². The van der Waals surface area contributed by atoms with Crippen LogP contribution in [0.3, 0.4) is 0 Å². The summed E-state index contributed by atoms with van der Waals surface area (Å²) in [6.07, 6.45) is 2.08. The summed E-state index contributed by atoms with van der Waals surface area (Å²) in [6.45, 7) is 15.8. The summed E-state index contributed by atoms with van der Waals surface area (Å²) in [4.78, 5) is 0. The molecule has 0 spiro atoms. The predicted octanol–water partition coefficient (Wildman–Crippen LogP) is 9.31. The van der Waals surface area contributed by atoms with E-state index in [0.717, 1.165) is 60.0 Å². The summed E-state index contributed by atoms with van der Waals surface area (Å²) in [6, 6.07) is 3.36. The lowest BCUT2D eigenvalue weighted by Crippen LogP contribution is -2.46. The third kappa shape index (κ3) is 26.5. The molecule has 0 aromatic rings. The van der Waals surface area contributed by atoms with Crippen LogP contribution in [0.2, 0.25) is 24.2 Å². The minimum atomic E-state index is -2.49. The van der Waals surface area contributed by atoms with Gasteiger partial charge in [-0.2, -0.15) is 0 Å². The molecule has 12 nitrogen and oxygen atoms in total. The molecule has 0 unspecified atom stereocenters. The standard InChI is InChI=1S/C18H42O6S3Si2.C10H26O6S4Si2/c1-7-19-28(20-8-2,21-9-3)17-13-15-25-27-26-16-14-18-29(22-10-4,23-11-5)24-12-6;1-11-21(12-2,13-3)9-7-17-19-20-18-8-10-22(14-4,15-5)16-6/h7-18H2,1-6H3;7-10H2,1-6H3. The SMILES string of the molecule is CCO[Si](CCCSSSCCC[Si](OCC)(OCC)OCC)(OCC)OCC.CO[Si](CCSSSSCC[Si](OC)(OC)OC)(OC)OC. The third-order valence-electron chi connectivity index (χ3n) is 6.68. The normalized spacial score (nSPS) is 12.7. The van der Waals surface area contributed by atoms with E-state index in [1.807, 2.05) is 73.0 Å². The van der Waals surface area contributed by atoms with Crippen LogP contribution in [0.25, 0.3) is 0 Å². The Morgan fingerprint density at radius 2 is 0.569 bits per heavy atom. The Hall–Kier alpha value is 2.84. The summed E-state index contributed by atoms with van der Waals surface area (Å²) >= 11 is 0. The van der Waals surface area contributed by atoms with E-state index in [1.165, 1.54) is 0 Å². The van der Waals surface area contributed by atoms with E-state index < -0.39 is 35.2 Å². The molecule has 0 bridgehead atoms. The first kappa shape index (κ1) is 55.9. The minimum Gasteiger partial charge on any atom is -0.377 e. The van der Waals surface area contributed by atoms with Crippen LogP contribution in [0, 0.1) is 0 Å². The van der Waals surface area contributed by atoms with E-state index in [9.17, 15) is 0 Å². The van der Waals surface area contributed by atoms with Crippen LogP contribution in [-0.4, -0.2) is 141 Å². The van der Waals surface area contributed by atoms with Gasteiger partial charge in [0.05, 0.1) is 0 Å². The first-order valence-corrected chi connectivity index (χ1v) is 34.0. The van der Waals surface area contributed by atoms with E-state index in [-0.39, 0.29) is 0 Å². The van der Waals surface area contributed by atoms with Crippen molar-refractivity contribution < 1.29 is 53.1 Å². The van der Waals surface area contributed by atoms with E-state index in [2.05, 4.69) is 0 Å². The molecule has 0 aromatic carbocycles. The molecule has 0 N–H and O–H groups in total. The van der Waals surface area contributed by atoms with Crippen molar-refractivity contribution in [2.45, 2.75) is 78.6 Å². The van der Waals surface area contributed by atoms with Crippen molar-refractivity contribution in [2.24, 2.45) is 0 Å². The van der Waals surface area contributed by atoms with Gasteiger partial charge in [-0.1, -0.05) is 43.2 Å². The Morgan fingerprint density at radius 1 is 0.314 bits per heavy atom. The molecule has 310 valence electrons. The van der Waals surface area contributed by atoms with Gasteiger partial charge in [0.15, 0.2) is 0 Å². The fraction of sp³-hybridized carbons (Fsp3) is 1.00. The molecular weight excluding hydrogens is 865 g/mol. The maximum atomic E-state index is 5.90. The van der Waals surface area contributed by atoms with E-state index >= 15 is 0 Å². The van der Waals surface area contributed by atoms with Crippen LogP contribution in [0.5, 0.6) is 0 Å². The highest BCUT2D eigenvalue weighted by atomic mass is 33.7. The lowest BCUT2D eigenvalue weighted by molar-refractivity contribution is 0.0704. The van der Waals surface area contributed by atoms with Crippen molar-refractivity contribution in [3.05, 3.63) is 0 Å². The second-order valence-corrected chi connectivity index (χ2v) is 32.1. The molecular formula is C28H68O12S7Si4. The van der Waals surface area contributed by atoms with Crippen molar-refractivity contribution in [1.29, 1.82) is 0 Å². The molecule has 0 atom stereocenters. The second-order valence-electron chi connectivity index (χ2n) is 9.75. The van der Waals surface area contributed by atoms with Crippen LogP contribution in [-0.2, 0) is 53.1 Å². The molecule has 0 saturated heterocycles. The molecule has 23 heteroatoms. The summed E-state index contributed by atoms with van der Waals surface area (Å²) in [7, 11) is 12.7. The Morgan fingerprint density at radius 3 is 0.804 bits per heavy atom. The predicted molar refractivity (Wildman–Crippen MR) is 236 cm³/mol. The van der Waals surface area contributed by atoms with Crippen LogP contribution < -0.4 is 0 Å². The molecule has 0 aromatic heterocycles. The van der Waals surface area contributed by atoms with Crippen molar-refractivity contribution in [3.8, 4) is 0 Å². The maximum Gasteiger partial charge on any atom is 0.501 e. The van der Waals surface area contributed by atoms with E-state index in [0.29, 0.717) is 39.6 Å². The van der Waals surface area contributed by atoms with Gasteiger partial charge in [0, 0.05) is 129 Å². The lowest BCUT2D eigenvalue weighted by Gasteiger charge is -2.28. The van der Waals surface area contributed by atoms with Crippen molar-refractivity contribution in [1.82, 2.24) is 0 Å². The third-order valence-corrected chi connectivity index (χ3v) is 30.0. The van der Waals surface area contributed by atoms with Gasteiger partial charge in [0.2, 0.25) is 0 Å².